The summed E-state index contributed by atoms with van der Waals surface area (Å²) in [4.78, 5) is 11.0. The molecule has 15 heavy (non-hydrogen) atoms. The van der Waals surface area contributed by atoms with Crippen molar-refractivity contribution in [1.82, 2.24) is 0 Å². The molecular formula is C14H22O. The van der Waals surface area contributed by atoms with Gasteiger partial charge >= 0.3 is 0 Å². The maximum absolute atomic E-state index is 11.0. The quantitative estimate of drug-likeness (QED) is 0.492. The normalized spacial score (nSPS) is 21.6. The van der Waals surface area contributed by atoms with E-state index in [1.165, 1.54) is 12.0 Å². The zero-order chi connectivity index (χ0) is 11.3. The van der Waals surface area contributed by atoms with Gasteiger partial charge in [0.2, 0.25) is 0 Å². The molecule has 1 rings (SSSR count). The summed E-state index contributed by atoms with van der Waals surface area (Å²) in [5, 5.41) is 0. The van der Waals surface area contributed by atoms with Crippen LogP contribution in [0, 0.1) is 11.3 Å². The Morgan fingerprint density at radius 3 is 2.87 bits per heavy atom. The number of carbonyl (C=O) groups excluding carboxylic acids is 1. The molecular weight excluding hydrogens is 184 g/mol. The molecule has 0 saturated heterocycles. The maximum atomic E-state index is 11.0. The predicted molar refractivity (Wildman–Crippen MR) is 64.7 cm³/mol. The van der Waals surface area contributed by atoms with E-state index in [-0.39, 0.29) is 5.92 Å². The van der Waals surface area contributed by atoms with E-state index in [4.69, 9.17) is 0 Å². The molecule has 0 heterocycles. The van der Waals surface area contributed by atoms with Crippen molar-refractivity contribution in [2.24, 2.45) is 11.3 Å². The number of aldehydes is 1. The van der Waals surface area contributed by atoms with Crippen molar-refractivity contribution in [3.8, 4) is 0 Å². The molecule has 0 unspecified atom stereocenters. The van der Waals surface area contributed by atoms with Crippen molar-refractivity contribution in [1.29, 1.82) is 0 Å². The lowest BCUT2D eigenvalue weighted by atomic mass is 9.73. The molecule has 0 bridgehead atoms. The van der Waals surface area contributed by atoms with Crippen LogP contribution in [0.2, 0.25) is 0 Å². The van der Waals surface area contributed by atoms with Gasteiger partial charge in [0.05, 0.1) is 0 Å². The summed E-state index contributed by atoms with van der Waals surface area (Å²) in [6, 6.07) is 0. The van der Waals surface area contributed by atoms with Gasteiger partial charge in [-0.25, -0.2) is 0 Å². The lowest BCUT2D eigenvalue weighted by Gasteiger charge is -2.31. The molecule has 0 N–H and O–H groups in total. The summed E-state index contributed by atoms with van der Waals surface area (Å²) >= 11 is 0. The lowest BCUT2D eigenvalue weighted by molar-refractivity contribution is -0.110. The number of rotatable bonds is 5. The first-order valence-corrected chi connectivity index (χ1v) is 5.84. The molecule has 0 aliphatic heterocycles. The second-order valence-corrected chi connectivity index (χ2v) is 5.27. The molecule has 1 nitrogen and oxygen atoms in total. The van der Waals surface area contributed by atoms with Gasteiger partial charge in [-0.05, 0) is 37.5 Å². The van der Waals surface area contributed by atoms with E-state index in [0.29, 0.717) is 5.41 Å². The third-order valence-corrected chi connectivity index (χ3v) is 3.23. The van der Waals surface area contributed by atoms with Gasteiger partial charge in [-0.15, -0.1) is 6.58 Å². The fourth-order valence-corrected chi connectivity index (χ4v) is 2.28. The number of allylic oxidation sites excluding steroid dienone is 3. The first-order chi connectivity index (χ1) is 7.09. The zero-order valence-corrected chi connectivity index (χ0v) is 9.96. The molecule has 0 saturated carbocycles. The number of hydrogen-bond donors (Lipinski definition) is 0. The van der Waals surface area contributed by atoms with Crippen LogP contribution in [0.25, 0.3) is 0 Å². The van der Waals surface area contributed by atoms with Gasteiger partial charge in [0, 0.05) is 5.92 Å². The van der Waals surface area contributed by atoms with Gasteiger partial charge < -0.3 is 4.79 Å². The van der Waals surface area contributed by atoms with E-state index < -0.39 is 0 Å². The Hall–Kier alpha value is -0.850. The van der Waals surface area contributed by atoms with E-state index in [9.17, 15) is 4.79 Å². The van der Waals surface area contributed by atoms with E-state index in [2.05, 4.69) is 26.5 Å². The summed E-state index contributed by atoms with van der Waals surface area (Å²) in [7, 11) is 0. The molecule has 0 aromatic heterocycles. The van der Waals surface area contributed by atoms with Crippen LogP contribution in [0.4, 0.5) is 0 Å². The zero-order valence-electron chi connectivity index (χ0n) is 9.96. The van der Waals surface area contributed by atoms with Gasteiger partial charge in [0.1, 0.15) is 6.29 Å². The lowest BCUT2D eigenvalue weighted by Crippen LogP contribution is -2.20. The molecule has 0 aromatic carbocycles. The molecule has 84 valence electrons. The Labute approximate surface area is 93.3 Å². The van der Waals surface area contributed by atoms with Gasteiger partial charge in [-0.1, -0.05) is 31.6 Å². The van der Waals surface area contributed by atoms with Crippen LogP contribution >= 0.6 is 0 Å². The van der Waals surface area contributed by atoms with E-state index in [1.54, 1.807) is 0 Å². The first-order valence-electron chi connectivity index (χ1n) is 5.84. The summed E-state index contributed by atoms with van der Waals surface area (Å²) in [6.45, 7) is 8.28. The van der Waals surface area contributed by atoms with Gasteiger partial charge in [0.25, 0.3) is 0 Å². The molecule has 1 atom stereocenters. The van der Waals surface area contributed by atoms with Crippen LogP contribution < -0.4 is 0 Å². The average molecular weight is 206 g/mol. The summed E-state index contributed by atoms with van der Waals surface area (Å²) < 4.78 is 0. The SMILES string of the molecule is C=CCC[C@H](C=O)C1=CCCC(C)(C)C1. The Bertz CT molecular complexity index is 261. The highest BCUT2D eigenvalue weighted by atomic mass is 16.1. The second-order valence-electron chi connectivity index (χ2n) is 5.27. The highest BCUT2D eigenvalue weighted by Crippen LogP contribution is 2.38. The van der Waals surface area contributed by atoms with Crippen molar-refractivity contribution in [2.45, 2.75) is 46.0 Å². The van der Waals surface area contributed by atoms with Crippen LogP contribution in [0.1, 0.15) is 46.0 Å². The van der Waals surface area contributed by atoms with Crippen molar-refractivity contribution in [2.75, 3.05) is 0 Å². The highest BCUT2D eigenvalue weighted by molar-refractivity contribution is 5.59. The Morgan fingerprint density at radius 2 is 2.33 bits per heavy atom. The first kappa shape index (κ1) is 12.2. The van der Waals surface area contributed by atoms with Crippen LogP contribution in [0.15, 0.2) is 24.3 Å². The van der Waals surface area contributed by atoms with Gasteiger partial charge in [-0.3, -0.25) is 0 Å². The largest absolute Gasteiger partial charge is 0.303 e. The second kappa shape index (κ2) is 5.29. The fraction of sp³-hybridized carbons (Fsp3) is 0.643. The summed E-state index contributed by atoms with van der Waals surface area (Å²) in [5.74, 6) is 0.127. The summed E-state index contributed by atoms with van der Waals surface area (Å²) in [5.41, 5.74) is 1.72. The Morgan fingerprint density at radius 1 is 1.60 bits per heavy atom. The third kappa shape index (κ3) is 3.65. The summed E-state index contributed by atoms with van der Waals surface area (Å²) in [6.07, 6.45) is 10.6. The molecule has 0 amide bonds. The van der Waals surface area contributed by atoms with Gasteiger partial charge in [0.15, 0.2) is 0 Å². The fourth-order valence-electron chi connectivity index (χ4n) is 2.28. The smallest absolute Gasteiger partial charge is 0.127 e. The minimum absolute atomic E-state index is 0.127. The third-order valence-electron chi connectivity index (χ3n) is 3.23. The van der Waals surface area contributed by atoms with Crippen molar-refractivity contribution in [3.63, 3.8) is 0 Å². The highest BCUT2D eigenvalue weighted by Gasteiger charge is 2.26. The van der Waals surface area contributed by atoms with Crippen LogP contribution in [-0.4, -0.2) is 6.29 Å². The molecule has 1 heteroatoms. The predicted octanol–water partition coefficient (Wildman–Crippen LogP) is 3.90. The Balaban J connectivity index is 2.63. The Kier molecular flexibility index (Phi) is 4.31. The van der Waals surface area contributed by atoms with Crippen molar-refractivity contribution in [3.05, 3.63) is 24.3 Å². The van der Waals surface area contributed by atoms with E-state index in [0.717, 1.165) is 32.0 Å². The number of carbonyl (C=O) groups is 1. The molecule has 0 aromatic rings. The standard InChI is InChI=1S/C14H22O/c1-4-5-7-13(11-15)12-8-6-9-14(2,3)10-12/h4,8,11,13H,1,5-7,9-10H2,2-3H3/t13-/m1/s1. The monoisotopic (exact) mass is 206 g/mol. The van der Waals surface area contributed by atoms with E-state index >= 15 is 0 Å². The van der Waals surface area contributed by atoms with Crippen LogP contribution in [0.3, 0.4) is 0 Å². The minimum atomic E-state index is 0.127. The molecule has 1 aliphatic carbocycles. The van der Waals surface area contributed by atoms with E-state index in [1.807, 2.05) is 6.08 Å². The minimum Gasteiger partial charge on any atom is -0.303 e. The van der Waals surface area contributed by atoms with Crippen LogP contribution in [-0.2, 0) is 4.79 Å². The maximum Gasteiger partial charge on any atom is 0.127 e. The molecule has 1 aliphatic rings. The molecule has 0 spiro atoms. The van der Waals surface area contributed by atoms with Crippen molar-refractivity contribution >= 4 is 6.29 Å². The van der Waals surface area contributed by atoms with Gasteiger partial charge in [-0.2, -0.15) is 0 Å². The topological polar surface area (TPSA) is 17.1 Å². The molecule has 0 radical (unpaired) electrons. The van der Waals surface area contributed by atoms with Crippen molar-refractivity contribution < 1.29 is 4.79 Å². The van der Waals surface area contributed by atoms with Crippen LogP contribution in [0.5, 0.6) is 0 Å². The average Bonchev–Trinajstić information content (AvgIpc) is 2.17. The number of hydrogen-bond acceptors (Lipinski definition) is 1. The molecule has 0 fully saturated rings.